The number of anilines is 1. The largest absolute Gasteiger partial charge is 0.466 e. The summed E-state index contributed by atoms with van der Waals surface area (Å²) in [5.41, 5.74) is 0.147. The van der Waals surface area contributed by atoms with Gasteiger partial charge in [-0.3, -0.25) is 9.59 Å². The van der Waals surface area contributed by atoms with Crippen LogP contribution in [0.5, 0.6) is 0 Å². The average Bonchev–Trinajstić information content (AvgIpc) is 3.17. The number of carbonyl (C=O) groups is 2. The maximum Gasteiger partial charge on any atom is 0.312 e. The standard InChI is InChI=1S/C17H17NO4/c1-2-21-16(20)13-12-8-9-17(22-12)10-18(15(19)14(13)17)11-6-4-3-5-7-11/h3-9,12-14H,2,10H2,1H3/t12-,13+,14-,17+/m0/s1. The summed E-state index contributed by atoms with van der Waals surface area (Å²) in [5, 5.41) is 0. The van der Waals surface area contributed by atoms with E-state index in [-0.39, 0.29) is 18.0 Å². The molecule has 0 unspecified atom stereocenters. The number of para-hydroxylation sites is 1. The Kier molecular flexibility index (Phi) is 2.87. The van der Waals surface area contributed by atoms with Gasteiger partial charge in [-0.2, -0.15) is 0 Å². The summed E-state index contributed by atoms with van der Waals surface area (Å²) in [5.74, 6) is -1.42. The van der Waals surface area contributed by atoms with Crippen LogP contribution >= 0.6 is 0 Å². The van der Waals surface area contributed by atoms with Crippen LogP contribution in [-0.4, -0.2) is 36.7 Å². The predicted octanol–water partition coefficient (Wildman–Crippen LogP) is 1.54. The summed E-state index contributed by atoms with van der Waals surface area (Å²) >= 11 is 0. The highest BCUT2D eigenvalue weighted by molar-refractivity contribution is 6.02. The van der Waals surface area contributed by atoms with Gasteiger partial charge in [0.1, 0.15) is 11.5 Å². The molecule has 1 aromatic rings. The van der Waals surface area contributed by atoms with E-state index >= 15 is 0 Å². The fraction of sp³-hybridized carbons (Fsp3) is 0.412. The van der Waals surface area contributed by atoms with Crippen molar-refractivity contribution in [2.45, 2.75) is 18.6 Å². The van der Waals surface area contributed by atoms with E-state index in [9.17, 15) is 9.59 Å². The summed E-state index contributed by atoms with van der Waals surface area (Å²) in [7, 11) is 0. The Bertz CT molecular complexity index is 656. The molecule has 0 aromatic heterocycles. The minimum atomic E-state index is -0.685. The third kappa shape index (κ3) is 1.69. The molecule has 1 aromatic carbocycles. The lowest BCUT2D eigenvalue weighted by atomic mass is 9.77. The van der Waals surface area contributed by atoms with Crippen LogP contribution in [0.2, 0.25) is 0 Å². The van der Waals surface area contributed by atoms with Crippen molar-refractivity contribution in [1.29, 1.82) is 0 Å². The molecule has 0 radical (unpaired) electrons. The Labute approximate surface area is 128 Å². The van der Waals surface area contributed by atoms with E-state index in [1.54, 1.807) is 11.8 Å². The second kappa shape index (κ2) is 4.68. The summed E-state index contributed by atoms with van der Waals surface area (Å²) < 4.78 is 11.2. The highest BCUT2D eigenvalue weighted by atomic mass is 16.6. The van der Waals surface area contributed by atoms with Gasteiger partial charge in [0.2, 0.25) is 5.91 Å². The zero-order valence-corrected chi connectivity index (χ0v) is 12.3. The van der Waals surface area contributed by atoms with Crippen molar-refractivity contribution in [3.05, 3.63) is 42.5 Å². The molecule has 1 amide bonds. The topological polar surface area (TPSA) is 55.8 Å². The van der Waals surface area contributed by atoms with Gasteiger partial charge < -0.3 is 14.4 Å². The van der Waals surface area contributed by atoms with Gasteiger partial charge in [-0.15, -0.1) is 0 Å². The van der Waals surface area contributed by atoms with Gasteiger partial charge in [0.05, 0.1) is 25.2 Å². The zero-order chi connectivity index (χ0) is 15.3. The van der Waals surface area contributed by atoms with Gasteiger partial charge in [-0.25, -0.2) is 0 Å². The quantitative estimate of drug-likeness (QED) is 0.627. The molecule has 3 aliphatic heterocycles. The second-order valence-corrected chi connectivity index (χ2v) is 5.91. The first-order valence-electron chi connectivity index (χ1n) is 7.56. The van der Waals surface area contributed by atoms with Crippen molar-refractivity contribution in [2.75, 3.05) is 18.1 Å². The summed E-state index contributed by atoms with van der Waals surface area (Å²) in [6.07, 6.45) is 3.49. The van der Waals surface area contributed by atoms with E-state index in [4.69, 9.17) is 9.47 Å². The Morgan fingerprint density at radius 2 is 2.18 bits per heavy atom. The van der Waals surface area contributed by atoms with Gasteiger partial charge in [0.25, 0.3) is 0 Å². The average molecular weight is 299 g/mol. The van der Waals surface area contributed by atoms with Crippen molar-refractivity contribution < 1.29 is 19.1 Å². The molecule has 1 spiro atoms. The molecular weight excluding hydrogens is 282 g/mol. The number of rotatable bonds is 3. The molecule has 0 aliphatic carbocycles. The Morgan fingerprint density at radius 3 is 2.91 bits per heavy atom. The molecule has 2 saturated heterocycles. The molecular formula is C17H17NO4. The SMILES string of the molecule is CCOC(=O)[C@@H]1[C@@H]2C=C[C@]3(CN(c4ccccc4)C(=O)[C@H]13)O2. The summed E-state index contributed by atoms with van der Waals surface area (Å²) in [4.78, 5) is 26.9. The molecule has 114 valence electrons. The molecule has 5 heteroatoms. The van der Waals surface area contributed by atoms with E-state index in [1.165, 1.54) is 0 Å². The molecule has 5 nitrogen and oxygen atoms in total. The number of amides is 1. The fourth-order valence-electron chi connectivity index (χ4n) is 3.83. The third-order valence-electron chi connectivity index (χ3n) is 4.73. The van der Waals surface area contributed by atoms with Gasteiger partial charge in [0.15, 0.2) is 0 Å². The normalized spacial score (nSPS) is 35.0. The van der Waals surface area contributed by atoms with E-state index in [1.807, 2.05) is 42.5 Å². The molecule has 4 atom stereocenters. The third-order valence-corrected chi connectivity index (χ3v) is 4.73. The molecule has 4 rings (SSSR count). The van der Waals surface area contributed by atoms with Crippen LogP contribution in [0.25, 0.3) is 0 Å². The lowest BCUT2D eigenvalue weighted by Gasteiger charge is -2.22. The molecule has 0 saturated carbocycles. The Balaban J connectivity index is 1.69. The molecule has 22 heavy (non-hydrogen) atoms. The lowest BCUT2D eigenvalue weighted by molar-refractivity contribution is -0.151. The molecule has 0 N–H and O–H groups in total. The van der Waals surface area contributed by atoms with E-state index in [0.717, 1.165) is 5.69 Å². The van der Waals surface area contributed by atoms with Crippen LogP contribution < -0.4 is 4.90 Å². The van der Waals surface area contributed by atoms with Crippen molar-refractivity contribution in [1.82, 2.24) is 0 Å². The number of nitrogens with zero attached hydrogens (tertiary/aromatic N) is 1. The van der Waals surface area contributed by atoms with Crippen LogP contribution in [0.3, 0.4) is 0 Å². The first-order valence-corrected chi connectivity index (χ1v) is 7.56. The molecule has 3 aliphatic rings. The number of ether oxygens (including phenoxy) is 2. The number of hydrogen-bond acceptors (Lipinski definition) is 4. The van der Waals surface area contributed by atoms with Crippen LogP contribution in [0.1, 0.15) is 6.92 Å². The van der Waals surface area contributed by atoms with Crippen LogP contribution in [0.4, 0.5) is 5.69 Å². The van der Waals surface area contributed by atoms with Gasteiger partial charge >= 0.3 is 5.97 Å². The Hall–Kier alpha value is -2.14. The number of carbonyl (C=O) groups excluding carboxylic acids is 2. The van der Waals surface area contributed by atoms with Crippen molar-refractivity contribution in [2.24, 2.45) is 11.8 Å². The van der Waals surface area contributed by atoms with Gasteiger partial charge in [0, 0.05) is 5.69 Å². The second-order valence-electron chi connectivity index (χ2n) is 5.91. The lowest BCUT2D eigenvalue weighted by Crippen LogP contribution is -2.40. The molecule has 2 bridgehead atoms. The highest BCUT2D eigenvalue weighted by Gasteiger charge is 2.67. The Morgan fingerprint density at radius 1 is 1.41 bits per heavy atom. The predicted molar refractivity (Wildman–Crippen MR) is 79.2 cm³/mol. The van der Waals surface area contributed by atoms with Crippen molar-refractivity contribution >= 4 is 17.6 Å². The number of esters is 1. The number of benzene rings is 1. The maximum absolute atomic E-state index is 12.9. The van der Waals surface area contributed by atoms with Crippen LogP contribution in [0.15, 0.2) is 42.5 Å². The van der Waals surface area contributed by atoms with Crippen molar-refractivity contribution in [3.63, 3.8) is 0 Å². The van der Waals surface area contributed by atoms with Crippen molar-refractivity contribution in [3.8, 4) is 0 Å². The molecule has 3 heterocycles. The van der Waals surface area contributed by atoms with E-state index < -0.39 is 17.4 Å². The summed E-state index contributed by atoms with van der Waals surface area (Å²) in [6, 6.07) is 9.49. The molecule has 2 fully saturated rings. The fourth-order valence-corrected chi connectivity index (χ4v) is 3.83. The minimum Gasteiger partial charge on any atom is -0.466 e. The first-order chi connectivity index (χ1) is 10.7. The van der Waals surface area contributed by atoms with Crippen LogP contribution in [0, 0.1) is 11.8 Å². The van der Waals surface area contributed by atoms with Gasteiger partial charge in [-0.1, -0.05) is 30.4 Å². The number of fused-ring (bicyclic) bond motifs is 1. The summed E-state index contributed by atoms with van der Waals surface area (Å²) in [6.45, 7) is 2.52. The number of hydrogen-bond donors (Lipinski definition) is 0. The first kappa shape index (κ1) is 13.5. The van der Waals surface area contributed by atoms with Crippen LogP contribution in [-0.2, 0) is 19.1 Å². The van der Waals surface area contributed by atoms with E-state index in [0.29, 0.717) is 13.2 Å². The highest BCUT2D eigenvalue weighted by Crippen LogP contribution is 2.52. The monoisotopic (exact) mass is 299 g/mol. The maximum atomic E-state index is 12.9. The smallest absolute Gasteiger partial charge is 0.312 e. The zero-order valence-electron chi connectivity index (χ0n) is 12.3. The minimum absolute atomic E-state index is 0.0592. The van der Waals surface area contributed by atoms with E-state index in [2.05, 4.69) is 0 Å². The van der Waals surface area contributed by atoms with Gasteiger partial charge in [-0.05, 0) is 19.1 Å².